The van der Waals surface area contributed by atoms with Gasteiger partial charge >= 0.3 is 0 Å². The van der Waals surface area contributed by atoms with Gasteiger partial charge < -0.3 is 19.1 Å². The summed E-state index contributed by atoms with van der Waals surface area (Å²) in [6.07, 6.45) is -0.347. The Morgan fingerprint density at radius 2 is 1.77 bits per heavy atom. The normalized spacial score (nSPS) is 14.2. The molecule has 0 N–H and O–H groups in total. The highest BCUT2D eigenvalue weighted by Crippen LogP contribution is 2.37. The fourth-order valence-corrected chi connectivity index (χ4v) is 3.83. The zero-order valence-corrected chi connectivity index (χ0v) is 17.5. The van der Waals surface area contributed by atoms with Crippen LogP contribution in [-0.4, -0.2) is 50.0 Å². The average molecular weight is 405 g/mol. The second kappa shape index (κ2) is 9.28. The lowest BCUT2D eigenvalue weighted by Gasteiger charge is -2.20. The number of nitrogens with zero attached hydrogens (tertiary/aromatic N) is 1. The van der Waals surface area contributed by atoms with Crippen molar-refractivity contribution in [1.82, 2.24) is 4.90 Å². The number of carbonyl (C=O) groups excluding carboxylic acids is 1. The Morgan fingerprint density at radius 1 is 1.00 bits per heavy atom. The first-order chi connectivity index (χ1) is 14.7. The maximum atomic E-state index is 12.9. The highest BCUT2D eigenvalue weighted by Gasteiger charge is 2.19. The Kier molecular flexibility index (Phi) is 6.31. The van der Waals surface area contributed by atoms with Crippen molar-refractivity contribution in [1.29, 1.82) is 0 Å². The van der Waals surface area contributed by atoms with E-state index >= 15 is 0 Å². The van der Waals surface area contributed by atoms with Crippen LogP contribution in [0.25, 0.3) is 21.9 Å². The van der Waals surface area contributed by atoms with Crippen molar-refractivity contribution in [3.05, 3.63) is 66.2 Å². The molecular formula is C25H27NO4. The van der Waals surface area contributed by atoms with Gasteiger partial charge in [0.05, 0.1) is 13.2 Å². The fraction of sp³-hybridized carbons (Fsp3) is 0.320. The molecule has 4 rings (SSSR count). The van der Waals surface area contributed by atoms with Crippen LogP contribution in [0.4, 0.5) is 0 Å². The van der Waals surface area contributed by atoms with E-state index in [0.717, 1.165) is 27.6 Å². The maximum absolute atomic E-state index is 12.9. The molecule has 3 aromatic rings. The summed E-state index contributed by atoms with van der Waals surface area (Å²) in [7, 11) is 0. The van der Waals surface area contributed by atoms with Gasteiger partial charge in [-0.05, 0) is 48.4 Å². The van der Waals surface area contributed by atoms with Gasteiger partial charge in [-0.3, -0.25) is 4.79 Å². The predicted octanol–water partition coefficient (Wildman–Crippen LogP) is 4.74. The molecule has 1 saturated heterocycles. The molecule has 1 aliphatic heterocycles. The van der Waals surface area contributed by atoms with Gasteiger partial charge in [0.15, 0.2) is 6.29 Å². The number of rotatable bonds is 7. The van der Waals surface area contributed by atoms with Crippen LogP contribution < -0.4 is 4.74 Å². The van der Waals surface area contributed by atoms with E-state index in [1.165, 1.54) is 0 Å². The van der Waals surface area contributed by atoms with Crippen LogP contribution in [0.15, 0.2) is 60.7 Å². The van der Waals surface area contributed by atoms with Crippen molar-refractivity contribution in [3.8, 4) is 16.9 Å². The molecule has 0 aliphatic carbocycles. The number of benzene rings is 3. The van der Waals surface area contributed by atoms with Gasteiger partial charge in [0, 0.05) is 24.2 Å². The minimum atomic E-state index is -0.347. The lowest BCUT2D eigenvalue weighted by molar-refractivity contribution is -0.0682. The van der Waals surface area contributed by atoms with Gasteiger partial charge in [-0.1, -0.05) is 42.5 Å². The smallest absolute Gasteiger partial charge is 0.253 e. The van der Waals surface area contributed by atoms with Crippen molar-refractivity contribution in [2.45, 2.75) is 20.1 Å². The molecule has 3 aromatic carbocycles. The number of amides is 1. The maximum Gasteiger partial charge on any atom is 0.253 e. The first-order valence-electron chi connectivity index (χ1n) is 10.5. The van der Waals surface area contributed by atoms with Gasteiger partial charge in [0.1, 0.15) is 12.4 Å². The first-order valence-corrected chi connectivity index (χ1v) is 10.5. The summed E-state index contributed by atoms with van der Waals surface area (Å²) in [6, 6.07) is 20.0. The summed E-state index contributed by atoms with van der Waals surface area (Å²) < 4.78 is 17.2. The summed E-state index contributed by atoms with van der Waals surface area (Å²) in [6.45, 7) is 6.86. The minimum Gasteiger partial charge on any atom is -0.488 e. The number of ether oxygens (including phenoxy) is 3. The molecule has 1 heterocycles. The second-order valence-electron chi connectivity index (χ2n) is 7.20. The van der Waals surface area contributed by atoms with E-state index in [1.54, 1.807) is 0 Å². The Labute approximate surface area is 177 Å². The van der Waals surface area contributed by atoms with Crippen molar-refractivity contribution < 1.29 is 19.0 Å². The molecule has 1 fully saturated rings. The third-order valence-electron chi connectivity index (χ3n) is 5.41. The fourth-order valence-electron chi connectivity index (χ4n) is 3.83. The van der Waals surface area contributed by atoms with E-state index in [4.69, 9.17) is 14.2 Å². The zero-order chi connectivity index (χ0) is 20.9. The van der Waals surface area contributed by atoms with Crippen molar-refractivity contribution in [2.75, 3.05) is 32.9 Å². The molecule has 0 spiro atoms. The SMILES string of the molecule is CCN(CC)C(=O)c1cccc(-c2c(OCC3OCCO3)ccc3ccccc23)c1. The van der Waals surface area contributed by atoms with E-state index in [2.05, 4.69) is 18.2 Å². The standard InChI is InChI=1S/C25H27NO4/c1-3-26(4-2)25(27)20-10-7-9-19(16-20)24-21-11-6-5-8-18(21)12-13-22(24)30-17-23-28-14-15-29-23/h5-13,16,23H,3-4,14-15,17H2,1-2H3. The topological polar surface area (TPSA) is 48.0 Å². The van der Waals surface area contributed by atoms with Crippen molar-refractivity contribution in [2.24, 2.45) is 0 Å². The molecule has 5 heteroatoms. The van der Waals surface area contributed by atoms with Gasteiger partial charge in [-0.15, -0.1) is 0 Å². The van der Waals surface area contributed by atoms with Gasteiger partial charge in [0.2, 0.25) is 0 Å². The molecule has 30 heavy (non-hydrogen) atoms. The minimum absolute atomic E-state index is 0.0392. The quantitative estimate of drug-likeness (QED) is 0.570. The van der Waals surface area contributed by atoms with Crippen molar-refractivity contribution >= 4 is 16.7 Å². The van der Waals surface area contributed by atoms with Crippen LogP contribution in [0.5, 0.6) is 5.75 Å². The summed E-state index contributed by atoms with van der Waals surface area (Å²) >= 11 is 0. The largest absolute Gasteiger partial charge is 0.488 e. The molecule has 0 bridgehead atoms. The van der Waals surface area contributed by atoms with Crippen LogP contribution in [-0.2, 0) is 9.47 Å². The Bertz CT molecular complexity index is 1020. The van der Waals surface area contributed by atoms with Gasteiger partial charge in [0.25, 0.3) is 5.91 Å². The molecule has 0 radical (unpaired) electrons. The van der Waals surface area contributed by atoms with Crippen LogP contribution >= 0.6 is 0 Å². The molecule has 0 saturated carbocycles. The Morgan fingerprint density at radius 3 is 2.53 bits per heavy atom. The number of hydrogen-bond acceptors (Lipinski definition) is 4. The van der Waals surface area contributed by atoms with Gasteiger partial charge in [-0.2, -0.15) is 0 Å². The lowest BCUT2D eigenvalue weighted by Crippen LogP contribution is -2.30. The van der Waals surface area contributed by atoms with Gasteiger partial charge in [-0.25, -0.2) is 0 Å². The number of hydrogen-bond donors (Lipinski definition) is 0. The van der Waals surface area contributed by atoms with Crippen molar-refractivity contribution in [3.63, 3.8) is 0 Å². The zero-order valence-electron chi connectivity index (χ0n) is 17.5. The monoisotopic (exact) mass is 405 g/mol. The Balaban J connectivity index is 1.75. The first kappa shape index (κ1) is 20.4. The molecule has 0 unspecified atom stereocenters. The molecule has 1 aliphatic rings. The van der Waals surface area contributed by atoms with Crippen LogP contribution in [0.2, 0.25) is 0 Å². The molecule has 0 atom stereocenters. The lowest BCUT2D eigenvalue weighted by atomic mass is 9.95. The molecule has 5 nitrogen and oxygen atoms in total. The summed E-state index contributed by atoms with van der Waals surface area (Å²) in [5.41, 5.74) is 2.60. The highest BCUT2D eigenvalue weighted by molar-refractivity contribution is 6.02. The van der Waals surface area contributed by atoms with E-state index < -0.39 is 0 Å². The van der Waals surface area contributed by atoms with E-state index in [1.807, 2.05) is 61.2 Å². The van der Waals surface area contributed by atoms with Crippen LogP contribution in [0.1, 0.15) is 24.2 Å². The number of fused-ring (bicyclic) bond motifs is 1. The molecular weight excluding hydrogens is 378 g/mol. The van der Waals surface area contributed by atoms with Crippen LogP contribution in [0.3, 0.4) is 0 Å². The summed E-state index contributed by atoms with van der Waals surface area (Å²) in [5, 5.41) is 2.20. The molecule has 156 valence electrons. The second-order valence-corrected chi connectivity index (χ2v) is 7.20. The summed E-state index contributed by atoms with van der Waals surface area (Å²) in [5.74, 6) is 0.789. The average Bonchev–Trinajstić information content (AvgIpc) is 3.32. The van der Waals surface area contributed by atoms with Crippen LogP contribution in [0, 0.1) is 0 Å². The predicted molar refractivity (Wildman–Crippen MR) is 118 cm³/mol. The highest BCUT2D eigenvalue weighted by atomic mass is 16.7. The molecule has 0 aromatic heterocycles. The third kappa shape index (κ3) is 4.18. The summed E-state index contributed by atoms with van der Waals surface area (Å²) in [4.78, 5) is 14.7. The van der Waals surface area contributed by atoms with E-state index in [0.29, 0.717) is 38.5 Å². The third-order valence-corrected chi connectivity index (χ3v) is 5.41. The Hall–Kier alpha value is -2.89. The molecule has 1 amide bonds. The number of carbonyl (C=O) groups is 1. The van der Waals surface area contributed by atoms with E-state index in [9.17, 15) is 4.79 Å². The van der Waals surface area contributed by atoms with E-state index in [-0.39, 0.29) is 12.2 Å².